The van der Waals surface area contributed by atoms with Gasteiger partial charge in [0, 0.05) is 39.3 Å². The lowest BCUT2D eigenvalue weighted by atomic mass is 10.2. The van der Waals surface area contributed by atoms with Gasteiger partial charge in [0.05, 0.1) is 12.8 Å². The molecule has 2 rings (SSSR count). The van der Waals surface area contributed by atoms with Gasteiger partial charge < -0.3 is 14.9 Å². The van der Waals surface area contributed by atoms with Crippen molar-refractivity contribution in [2.24, 2.45) is 0 Å². The first-order chi connectivity index (χ1) is 9.81. The molecule has 6 nitrogen and oxygen atoms in total. The van der Waals surface area contributed by atoms with Crippen LogP contribution in [-0.4, -0.2) is 69.2 Å². The van der Waals surface area contributed by atoms with E-state index in [1.165, 1.54) is 45.6 Å². The molecule has 0 aromatic carbocycles. The highest BCUT2D eigenvalue weighted by atomic mass is 16.3. The van der Waals surface area contributed by atoms with Gasteiger partial charge in [-0.25, -0.2) is 0 Å². The van der Waals surface area contributed by atoms with Crippen molar-refractivity contribution in [3.05, 3.63) is 11.9 Å². The highest BCUT2D eigenvalue weighted by Crippen LogP contribution is 2.05. The summed E-state index contributed by atoms with van der Waals surface area (Å²) in [5, 5.41) is 16.8. The van der Waals surface area contributed by atoms with Crippen LogP contribution in [0.3, 0.4) is 0 Å². The summed E-state index contributed by atoms with van der Waals surface area (Å²) in [5.74, 6) is 0. The van der Waals surface area contributed by atoms with Gasteiger partial charge >= 0.3 is 0 Å². The molecule has 1 N–H and O–H groups in total. The number of hydrogen-bond acceptors (Lipinski definition) is 5. The van der Waals surface area contributed by atoms with Gasteiger partial charge in [0.1, 0.15) is 5.69 Å². The molecule has 0 bridgehead atoms. The maximum absolute atomic E-state index is 8.94. The Kier molecular flexibility index (Phi) is 6.42. The Labute approximate surface area is 121 Å². The second-order valence-electron chi connectivity index (χ2n) is 5.52. The molecule has 0 aliphatic carbocycles. The fraction of sp³-hybridized carbons (Fsp3) is 0.857. The molecule has 1 fully saturated rings. The molecule has 20 heavy (non-hydrogen) atoms. The van der Waals surface area contributed by atoms with Gasteiger partial charge in [-0.3, -0.25) is 4.68 Å². The molecule has 1 aliphatic heterocycles. The summed E-state index contributed by atoms with van der Waals surface area (Å²) in [6.07, 6.45) is 5.51. The van der Waals surface area contributed by atoms with Crippen LogP contribution in [0.4, 0.5) is 0 Å². The van der Waals surface area contributed by atoms with E-state index in [9.17, 15) is 0 Å². The third-order valence-corrected chi connectivity index (χ3v) is 3.90. The molecule has 1 aromatic rings. The van der Waals surface area contributed by atoms with Crippen LogP contribution >= 0.6 is 0 Å². The quantitative estimate of drug-likeness (QED) is 0.755. The Morgan fingerprint density at radius 1 is 1.05 bits per heavy atom. The van der Waals surface area contributed by atoms with Gasteiger partial charge in [0.25, 0.3) is 0 Å². The number of piperazine rings is 1. The van der Waals surface area contributed by atoms with Gasteiger partial charge in [-0.1, -0.05) is 18.6 Å². The van der Waals surface area contributed by atoms with E-state index in [0.29, 0.717) is 5.69 Å². The van der Waals surface area contributed by atoms with Crippen molar-refractivity contribution >= 4 is 0 Å². The molecular formula is C14H27N5O. The third-order valence-electron chi connectivity index (χ3n) is 3.90. The third kappa shape index (κ3) is 4.85. The topological polar surface area (TPSA) is 57.4 Å². The zero-order valence-electron chi connectivity index (χ0n) is 12.5. The summed E-state index contributed by atoms with van der Waals surface area (Å²) in [6.45, 7) is 10.3. The van der Waals surface area contributed by atoms with Gasteiger partial charge in [0.2, 0.25) is 0 Å². The Hall–Kier alpha value is -0.980. The van der Waals surface area contributed by atoms with Crippen molar-refractivity contribution in [2.45, 2.75) is 39.3 Å². The van der Waals surface area contributed by atoms with Crippen molar-refractivity contribution in [2.75, 3.05) is 39.3 Å². The van der Waals surface area contributed by atoms with Crippen LogP contribution in [0.1, 0.15) is 31.9 Å². The summed E-state index contributed by atoms with van der Waals surface area (Å²) in [5.41, 5.74) is 0.648. The molecule has 2 heterocycles. The predicted molar refractivity (Wildman–Crippen MR) is 78.3 cm³/mol. The highest BCUT2D eigenvalue weighted by Gasteiger charge is 2.15. The van der Waals surface area contributed by atoms with E-state index in [1.54, 1.807) is 0 Å². The maximum Gasteiger partial charge on any atom is 0.108 e. The van der Waals surface area contributed by atoms with Crippen molar-refractivity contribution in [1.82, 2.24) is 24.8 Å². The van der Waals surface area contributed by atoms with Gasteiger partial charge in [-0.2, -0.15) is 0 Å². The molecule has 1 saturated heterocycles. The van der Waals surface area contributed by atoms with Crippen molar-refractivity contribution in [3.63, 3.8) is 0 Å². The fourth-order valence-corrected chi connectivity index (χ4v) is 2.59. The van der Waals surface area contributed by atoms with E-state index >= 15 is 0 Å². The van der Waals surface area contributed by atoms with Gasteiger partial charge in [0.15, 0.2) is 0 Å². The van der Waals surface area contributed by atoms with E-state index in [1.807, 2.05) is 10.9 Å². The summed E-state index contributed by atoms with van der Waals surface area (Å²) >= 11 is 0. The largest absolute Gasteiger partial charge is 0.390 e. The fourth-order valence-electron chi connectivity index (χ4n) is 2.59. The van der Waals surface area contributed by atoms with E-state index in [2.05, 4.69) is 27.0 Å². The standard InChI is InChI=1S/C14H27N5O/c1-2-3-5-17-8-10-18(11-9-17)6-4-7-19-12-14(13-20)15-16-19/h12,20H,2-11,13H2,1H3. The van der Waals surface area contributed by atoms with Crippen LogP contribution in [0.2, 0.25) is 0 Å². The Bertz CT molecular complexity index is 373. The monoisotopic (exact) mass is 281 g/mol. The number of nitrogens with zero attached hydrogens (tertiary/aromatic N) is 5. The van der Waals surface area contributed by atoms with Crippen LogP contribution in [0, 0.1) is 0 Å². The summed E-state index contributed by atoms with van der Waals surface area (Å²) in [6, 6.07) is 0. The van der Waals surface area contributed by atoms with E-state index in [4.69, 9.17) is 5.11 Å². The first-order valence-electron chi connectivity index (χ1n) is 7.76. The minimum atomic E-state index is -0.0281. The molecule has 1 aromatic heterocycles. The second kappa shape index (κ2) is 8.34. The number of aromatic nitrogens is 3. The Morgan fingerprint density at radius 2 is 1.70 bits per heavy atom. The number of hydrogen-bond donors (Lipinski definition) is 1. The average Bonchev–Trinajstić information content (AvgIpc) is 2.94. The summed E-state index contributed by atoms with van der Waals surface area (Å²) in [7, 11) is 0. The van der Waals surface area contributed by atoms with Crippen molar-refractivity contribution in [3.8, 4) is 0 Å². The zero-order chi connectivity index (χ0) is 14.2. The van der Waals surface area contributed by atoms with E-state index in [0.717, 1.165) is 19.5 Å². The number of aliphatic hydroxyl groups excluding tert-OH is 1. The lowest BCUT2D eigenvalue weighted by molar-refractivity contribution is 0.128. The number of aryl methyl sites for hydroxylation is 1. The summed E-state index contributed by atoms with van der Waals surface area (Å²) < 4.78 is 1.82. The molecule has 0 saturated carbocycles. The molecule has 0 spiro atoms. The lowest BCUT2D eigenvalue weighted by Gasteiger charge is -2.34. The average molecular weight is 281 g/mol. The first-order valence-corrected chi connectivity index (χ1v) is 7.76. The van der Waals surface area contributed by atoms with Crippen molar-refractivity contribution < 1.29 is 5.11 Å². The normalized spacial score (nSPS) is 17.7. The van der Waals surface area contributed by atoms with Gasteiger partial charge in [-0.15, -0.1) is 5.10 Å². The van der Waals surface area contributed by atoms with Crippen LogP contribution < -0.4 is 0 Å². The Morgan fingerprint density at radius 3 is 2.25 bits per heavy atom. The van der Waals surface area contributed by atoms with Crippen LogP contribution in [0.15, 0.2) is 6.20 Å². The first kappa shape index (κ1) is 15.4. The molecular weight excluding hydrogens is 254 g/mol. The minimum Gasteiger partial charge on any atom is -0.390 e. The van der Waals surface area contributed by atoms with Crippen molar-refractivity contribution in [1.29, 1.82) is 0 Å². The second-order valence-corrected chi connectivity index (χ2v) is 5.52. The number of rotatable bonds is 8. The maximum atomic E-state index is 8.94. The molecule has 6 heteroatoms. The zero-order valence-corrected chi connectivity index (χ0v) is 12.5. The molecule has 0 amide bonds. The smallest absolute Gasteiger partial charge is 0.108 e. The lowest BCUT2D eigenvalue weighted by Crippen LogP contribution is -2.46. The molecule has 0 unspecified atom stereocenters. The molecule has 1 aliphatic rings. The Balaban J connectivity index is 1.59. The molecule has 0 atom stereocenters. The SMILES string of the molecule is CCCCN1CCN(CCCn2cc(CO)nn2)CC1. The van der Waals surface area contributed by atoms with Crippen LogP contribution in [0.5, 0.6) is 0 Å². The molecule has 114 valence electrons. The van der Waals surface area contributed by atoms with E-state index in [-0.39, 0.29) is 6.61 Å². The highest BCUT2D eigenvalue weighted by molar-refractivity contribution is 4.88. The predicted octanol–water partition coefficient (Wildman–Crippen LogP) is 0.578. The summed E-state index contributed by atoms with van der Waals surface area (Å²) in [4.78, 5) is 5.11. The number of aliphatic hydroxyl groups is 1. The van der Waals surface area contributed by atoms with Gasteiger partial charge in [-0.05, 0) is 19.4 Å². The molecule has 0 radical (unpaired) electrons. The van der Waals surface area contributed by atoms with Crippen LogP contribution in [-0.2, 0) is 13.2 Å². The minimum absolute atomic E-state index is 0.0281. The van der Waals surface area contributed by atoms with E-state index < -0.39 is 0 Å². The van der Waals surface area contributed by atoms with Crippen LogP contribution in [0.25, 0.3) is 0 Å². The number of unbranched alkanes of at least 4 members (excludes halogenated alkanes) is 1.